The molecule has 3 nitrogen and oxygen atoms in total. The summed E-state index contributed by atoms with van der Waals surface area (Å²) in [5.74, 6) is 1.65. The van der Waals surface area contributed by atoms with Crippen LogP contribution < -0.4 is 9.47 Å². The molecule has 2 aromatic rings. The first-order valence-electron chi connectivity index (χ1n) is 7.42. The summed E-state index contributed by atoms with van der Waals surface area (Å²) in [6, 6.07) is 18.1. The second-order valence-corrected chi connectivity index (χ2v) is 5.39. The Labute approximate surface area is 132 Å². The van der Waals surface area contributed by atoms with Crippen LogP contribution in [0.15, 0.2) is 48.5 Å². The van der Waals surface area contributed by atoms with E-state index >= 15 is 0 Å². The molecule has 2 rings (SSSR count). The minimum atomic E-state index is -0.00532. The van der Waals surface area contributed by atoms with Crippen LogP contribution in [0.5, 0.6) is 11.5 Å². The fourth-order valence-electron chi connectivity index (χ4n) is 2.50. The van der Waals surface area contributed by atoms with Gasteiger partial charge >= 0.3 is 0 Å². The van der Waals surface area contributed by atoms with Gasteiger partial charge in [0.1, 0.15) is 11.5 Å². The highest BCUT2D eigenvalue weighted by Crippen LogP contribution is 2.34. The molecule has 0 heterocycles. The Hall–Kier alpha value is -2.47. The van der Waals surface area contributed by atoms with Gasteiger partial charge in [-0.2, -0.15) is 5.26 Å². The van der Waals surface area contributed by atoms with Crippen LogP contribution in [0.1, 0.15) is 37.3 Å². The molecule has 0 amide bonds. The van der Waals surface area contributed by atoms with E-state index in [9.17, 15) is 5.26 Å². The number of hydrogen-bond donors (Lipinski definition) is 0. The first kappa shape index (κ1) is 15.9. The van der Waals surface area contributed by atoms with E-state index in [0.29, 0.717) is 6.42 Å². The third-order valence-corrected chi connectivity index (χ3v) is 3.46. The van der Waals surface area contributed by atoms with Crippen molar-refractivity contribution in [3.05, 3.63) is 59.7 Å². The Kier molecular flexibility index (Phi) is 5.43. The Morgan fingerprint density at radius 2 is 1.73 bits per heavy atom. The summed E-state index contributed by atoms with van der Waals surface area (Å²) in [5.41, 5.74) is 2.12. The standard InChI is InChI=1S/C19H21NO2/c1-14(2)22-16-10-8-15(9-11-16)17(12-13-20)18-6-4-5-7-19(18)21-3/h4-11,14,17H,12H2,1-3H3/t17-/m0/s1. The SMILES string of the molecule is COc1ccccc1[C@@H](CC#N)c1ccc(OC(C)C)cc1. The van der Waals surface area contributed by atoms with E-state index in [0.717, 1.165) is 22.6 Å². The lowest BCUT2D eigenvalue weighted by atomic mass is 9.88. The number of nitrogens with zero attached hydrogens (tertiary/aromatic N) is 1. The summed E-state index contributed by atoms with van der Waals surface area (Å²) in [6.07, 6.45) is 0.556. The lowest BCUT2D eigenvalue weighted by Gasteiger charge is -2.18. The number of ether oxygens (including phenoxy) is 2. The highest BCUT2D eigenvalue weighted by Gasteiger charge is 2.18. The van der Waals surface area contributed by atoms with Crippen molar-refractivity contribution in [3.63, 3.8) is 0 Å². The molecule has 0 saturated carbocycles. The molecule has 0 saturated heterocycles. The molecule has 114 valence electrons. The van der Waals surface area contributed by atoms with Crippen LogP contribution in [0, 0.1) is 11.3 Å². The highest BCUT2D eigenvalue weighted by molar-refractivity contribution is 5.43. The predicted molar refractivity (Wildman–Crippen MR) is 87.3 cm³/mol. The van der Waals surface area contributed by atoms with Crippen LogP contribution in [0.2, 0.25) is 0 Å². The molecule has 0 spiro atoms. The van der Waals surface area contributed by atoms with Gasteiger partial charge in [0.25, 0.3) is 0 Å². The Balaban J connectivity index is 2.34. The number of benzene rings is 2. The largest absolute Gasteiger partial charge is 0.496 e. The number of hydrogen-bond acceptors (Lipinski definition) is 3. The minimum Gasteiger partial charge on any atom is -0.496 e. The maximum atomic E-state index is 9.18. The second-order valence-electron chi connectivity index (χ2n) is 5.39. The van der Waals surface area contributed by atoms with Gasteiger partial charge in [0.05, 0.1) is 19.3 Å². The topological polar surface area (TPSA) is 42.2 Å². The third-order valence-electron chi connectivity index (χ3n) is 3.46. The summed E-state index contributed by atoms with van der Waals surface area (Å²) in [7, 11) is 1.65. The predicted octanol–water partition coefficient (Wildman–Crippen LogP) is 4.53. The Morgan fingerprint density at radius 1 is 1.05 bits per heavy atom. The molecular weight excluding hydrogens is 274 g/mol. The van der Waals surface area contributed by atoms with E-state index in [4.69, 9.17) is 9.47 Å². The summed E-state index contributed by atoms with van der Waals surface area (Å²) < 4.78 is 11.1. The van der Waals surface area contributed by atoms with Gasteiger partial charge in [-0.05, 0) is 37.6 Å². The van der Waals surface area contributed by atoms with Crippen LogP contribution in [-0.4, -0.2) is 13.2 Å². The molecule has 1 atom stereocenters. The molecule has 0 N–H and O–H groups in total. The molecule has 0 aliphatic heterocycles. The number of methoxy groups -OCH3 is 1. The zero-order valence-electron chi connectivity index (χ0n) is 13.2. The summed E-state index contributed by atoms with van der Waals surface area (Å²) in [6.45, 7) is 4.00. The molecular formula is C19H21NO2. The van der Waals surface area contributed by atoms with Gasteiger partial charge in [-0.1, -0.05) is 30.3 Å². The maximum Gasteiger partial charge on any atom is 0.122 e. The highest BCUT2D eigenvalue weighted by atomic mass is 16.5. The fourth-order valence-corrected chi connectivity index (χ4v) is 2.50. The zero-order valence-corrected chi connectivity index (χ0v) is 13.2. The molecule has 3 heteroatoms. The van der Waals surface area contributed by atoms with Gasteiger partial charge in [-0.25, -0.2) is 0 Å². The lowest BCUT2D eigenvalue weighted by molar-refractivity contribution is 0.242. The van der Waals surface area contributed by atoms with Crippen molar-refractivity contribution in [3.8, 4) is 17.6 Å². The normalized spacial score (nSPS) is 11.8. The molecule has 0 radical (unpaired) electrons. The molecule has 0 aliphatic rings. The number of para-hydroxylation sites is 1. The smallest absolute Gasteiger partial charge is 0.122 e. The minimum absolute atomic E-state index is 0.00532. The summed E-state index contributed by atoms with van der Waals surface area (Å²) in [4.78, 5) is 0. The van der Waals surface area contributed by atoms with Gasteiger partial charge in [-0.15, -0.1) is 0 Å². The van der Waals surface area contributed by atoms with Gasteiger partial charge in [0.2, 0.25) is 0 Å². The van der Waals surface area contributed by atoms with Gasteiger partial charge < -0.3 is 9.47 Å². The van der Waals surface area contributed by atoms with Crippen LogP contribution in [0.25, 0.3) is 0 Å². The van der Waals surface area contributed by atoms with Crippen molar-refractivity contribution in [1.29, 1.82) is 5.26 Å². The van der Waals surface area contributed by atoms with Crippen LogP contribution >= 0.6 is 0 Å². The van der Waals surface area contributed by atoms with Crippen molar-refractivity contribution in [2.45, 2.75) is 32.3 Å². The zero-order chi connectivity index (χ0) is 15.9. The lowest BCUT2D eigenvalue weighted by Crippen LogP contribution is -2.06. The molecule has 0 unspecified atom stereocenters. The van der Waals surface area contributed by atoms with E-state index in [1.54, 1.807) is 7.11 Å². The molecule has 0 fully saturated rings. The van der Waals surface area contributed by atoms with E-state index in [-0.39, 0.29) is 12.0 Å². The van der Waals surface area contributed by atoms with E-state index in [2.05, 4.69) is 6.07 Å². The monoisotopic (exact) mass is 295 g/mol. The first-order valence-corrected chi connectivity index (χ1v) is 7.42. The Morgan fingerprint density at radius 3 is 2.32 bits per heavy atom. The van der Waals surface area contributed by atoms with Crippen molar-refractivity contribution >= 4 is 0 Å². The molecule has 0 aromatic heterocycles. The maximum absolute atomic E-state index is 9.18. The van der Waals surface area contributed by atoms with Crippen molar-refractivity contribution < 1.29 is 9.47 Å². The van der Waals surface area contributed by atoms with Gasteiger partial charge in [0, 0.05) is 17.9 Å². The first-order chi connectivity index (χ1) is 10.7. The fraction of sp³-hybridized carbons (Fsp3) is 0.316. The van der Waals surface area contributed by atoms with Crippen molar-refractivity contribution in [2.24, 2.45) is 0 Å². The average Bonchev–Trinajstić information content (AvgIpc) is 2.53. The molecule has 2 aromatic carbocycles. The van der Waals surface area contributed by atoms with Gasteiger partial charge in [-0.3, -0.25) is 0 Å². The van der Waals surface area contributed by atoms with E-state index in [1.165, 1.54) is 0 Å². The van der Waals surface area contributed by atoms with Crippen molar-refractivity contribution in [2.75, 3.05) is 7.11 Å². The van der Waals surface area contributed by atoms with Crippen LogP contribution in [0.3, 0.4) is 0 Å². The summed E-state index contributed by atoms with van der Waals surface area (Å²) >= 11 is 0. The molecule has 0 aliphatic carbocycles. The molecule has 22 heavy (non-hydrogen) atoms. The summed E-state index contributed by atoms with van der Waals surface area (Å²) in [5, 5.41) is 9.18. The van der Waals surface area contributed by atoms with Crippen LogP contribution in [-0.2, 0) is 0 Å². The average molecular weight is 295 g/mol. The van der Waals surface area contributed by atoms with Crippen LogP contribution in [0.4, 0.5) is 0 Å². The second kappa shape index (κ2) is 7.51. The molecule has 0 bridgehead atoms. The Bertz CT molecular complexity index is 641. The van der Waals surface area contributed by atoms with Crippen molar-refractivity contribution in [1.82, 2.24) is 0 Å². The van der Waals surface area contributed by atoms with Gasteiger partial charge in [0.15, 0.2) is 0 Å². The number of nitriles is 1. The third kappa shape index (κ3) is 3.79. The van der Waals surface area contributed by atoms with E-state index < -0.39 is 0 Å². The quantitative estimate of drug-likeness (QED) is 0.786. The van der Waals surface area contributed by atoms with E-state index in [1.807, 2.05) is 62.4 Å². The number of rotatable bonds is 6.